The van der Waals surface area contributed by atoms with Gasteiger partial charge in [0, 0.05) is 6.61 Å². The van der Waals surface area contributed by atoms with Crippen LogP contribution in [0.25, 0.3) is 0 Å². The van der Waals surface area contributed by atoms with Gasteiger partial charge in [0.2, 0.25) is 0 Å². The van der Waals surface area contributed by atoms with E-state index in [0.29, 0.717) is 26.4 Å². The minimum absolute atomic E-state index is 0.0332. The van der Waals surface area contributed by atoms with Gasteiger partial charge >= 0.3 is 0 Å². The zero-order valence-corrected chi connectivity index (χ0v) is 12.8. The van der Waals surface area contributed by atoms with Crippen molar-refractivity contribution >= 4 is 0 Å². The van der Waals surface area contributed by atoms with E-state index in [4.69, 9.17) is 18.9 Å². The minimum Gasteiger partial charge on any atom is -0.376 e. The van der Waals surface area contributed by atoms with Crippen LogP contribution in [0.4, 0.5) is 0 Å². The predicted octanol–water partition coefficient (Wildman–Crippen LogP) is 3.15. The van der Waals surface area contributed by atoms with Crippen molar-refractivity contribution in [3.63, 3.8) is 0 Å². The van der Waals surface area contributed by atoms with E-state index in [1.165, 1.54) is 12.0 Å². The summed E-state index contributed by atoms with van der Waals surface area (Å²) in [5.41, 5.74) is 1.18. The highest BCUT2D eigenvalue weighted by Gasteiger charge is 2.13. The van der Waals surface area contributed by atoms with Gasteiger partial charge in [-0.1, -0.05) is 30.3 Å². The summed E-state index contributed by atoms with van der Waals surface area (Å²) < 4.78 is 22.4. The van der Waals surface area contributed by atoms with E-state index >= 15 is 0 Å². The molecule has 1 aliphatic heterocycles. The SMILES string of the molecule is C[C@@H](COCCO[C@@H]1CCCCO1)OCc1ccccc1. The molecule has 0 bridgehead atoms. The zero-order chi connectivity index (χ0) is 14.8. The Hall–Kier alpha value is -0.940. The Balaban J connectivity index is 1.46. The zero-order valence-electron chi connectivity index (χ0n) is 12.8. The van der Waals surface area contributed by atoms with Gasteiger partial charge in [-0.2, -0.15) is 0 Å². The molecule has 2 rings (SSSR count). The van der Waals surface area contributed by atoms with Crippen molar-refractivity contribution in [1.29, 1.82) is 0 Å². The molecule has 1 saturated heterocycles. The van der Waals surface area contributed by atoms with Crippen molar-refractivity contribution in [3.8, 4) is 0 Å². The Labute approximate surface area is 127 Å². The molecule has 0 aliphatic carbocycles. The van der Waals surface area contributed by atoms with Crippen LogP contribution in [0.3, 0.4) is 0 Å². The van der Waals surface area contributed by atoms with Crippen LogP contribution in [0.1, 0.15) is 31.7 Å². The van der Waals surface area contributed by atoms with Crippen LogP contribution in [-0.2, 0) is 25.6 Å². The summed E-state index contributed by atoms with van der Waals surface area (Å²) in [5.74, 6) is 0. The summed E-state index contributed by atoms with van der Waals surface area (Å²) in [7, 11) is 0. The quantitative estimate of drug-likeness (QED) is 0.656. The van der Waals surface area contributed by atoms with Gasteiger partial charge in [-0.25, -0.2) is 0 Å². The molecule has 2 atom stereocenters. The molecule has 4 nitrogen and oxygen atoms in total. The molecule has 1 fully saturated rings. The van der Waals surface area contributed by atoms with Crippen LogP contribution in [0, 0.1) is 0 Å². The van der Waals surface area contributed by atoms with Crippen molar-refractivity contribution in [1.82, 2.24) is 0 Å². The van der Waals surface area contributed by atoms with Gasteiger partial charge in [0.05, 0.1) is 32.5 Å². The Morgan fingerprint density at radius 2 is 2.05 bits per heavy atom. The van der Waals surface area contributed by atoms with Crippen LogP contribution >= 0.6 is 0 Å². The first kappa shape index (κ1) is 16.4. The Morgan fingerprint density at radius 1 is 1.19 bits per heavy atom. The van der Waals surface area contributed by atoms with Gasteiger partial charge in [0.25, 0.3) is 0 Å². The van der Waals surface area contributed by atoms with Gasteiger partial charge in [-0.05, 0) is 31.7 Å². The summed E-state index contributed by atoms with van der Waals surface area (Å²) in [6.07, 6.45) is 3.38. The topological polar surface area (TPSA) is 36.9 Å². The molecule has 1 aliphatic rings. The molecular formula is C17H26O4. The van der Waals surface area contributed by atoms with Crippen LogP contribution in [0.2, 0.25) is 0 Å². The van der Waals surface area contributed by atoms with E-state index < -0.39 is 0 Å². The second kappa shape index (κ2) is 9.90. The maximum atomic E-state index is 5.73. The van der Waals surface area contributed by atoms with Crippen LogP contribution < -0.4 is 0 Å². The average molecular weight is 294 g/mol. The first-order chi connectivity index (χ1) is 10.3. The highest BCUT2D eigenvalue weighted by atomic mass is 16.7. The van der Waals surface area contributed by atoms with Crippen LogP contribution in [-0.4, -0.2) is 38.8 Å². The molecule has 0 aromatic heterocycles. The van der Waals surface area contributed by atoms with E-state index in [-0.39, 0.29) is 12.4 Å². The smallest absolute Gasteiger partial charge is 0.157 e. The predicted molar refractivity (Wildman–Crippen MR) is 81.1 cm³/mol. The average Bonchev–Trinajstić information content (AvgIpc) is 2.54. The fraction of sp³-hybridized carbons (Fsp3) is 0.647. The molecule has 0 radical (unpaired) electrons. The molecule has 1 heterocycles. The Morgan fingerprint density at radius 3 is 2.81 bits per heavy atom. The number of rotatable bonds is 9. The Kier molecular flexibility index (Phi) is 7.75. The third-order valence-corrected chi connectivity index (χ3v) is 3.40. The summed E-state index contributed by atoms with van der Waals surface area (Å²) in [5, 5.41) is 0. The third kappa shape index (κ3) is 7.05. The number of benzene rings is 1. The highest BCUT2D eigenvalue weighted by Crippen LogP contribution is 2.13. The van der Waals surface area contributed by atoms with E-state index in [2.05, 4.69) is 12.1 Å². The highest BCUT2D eigenvalue weighted by molar-refractivity contribution is 5.13. The first-order valence-corrected chi connectivity index (χ1v) is 7.81. The lowest BCUT2D eigenvalue weighted by atomic mass is 10.2. The maximum Gasteiger partial charge on any atom is 0.157 e. The lowest BCUT2D eigenvalue weighted by molar-refractivity contribution is -0.170. The minimum atomic E-state index is -0.0332. The van der Waals surface area contributed by atoms with Gasteiger partial charge in [0.15, 0.2) is 6.29 Å². The summed E-state index contributed by atoms with van der Waals surface area (Å²) in [6.45, 7) is 5.21. The van der Waals surface area contributed by atoms with Gasteiger partial charge in [0.1, 0.15) is 0 Å². The summed E-state index contributed by atoms with van der Waals surface area (Å²) >= 11 is 0. The van der Waals surface area contributed by atoms with E-state index in [1.54, 1.807) is 0 Å². The molecule has 0 N–H and O–H groups in total. The lowest BCUT2D eigenvalue weighted by Gasteiger charge is -2.22. The van der Waals surface area contributed by atoms with Crippen molar-refractivity contribution in [2.24, 2.45) is 0 Å². The fourth-order valence-corrected chi connectivity index (χ4v) is 2.19. The van der Waals surface area contributed by atoms with Crippen LogP contribution in [0.5, 0.6) is 0 Å². The molecule has 21 heavy (non-hydrogen) atoms. The van der Waals surface area contributed by atoms with E-state index in [1.807, 2.05) is 25.1 Å². The van der Waals surface area contributed by atoms with E-state index in [9.17, 15) is 0 Å². The van der Waals surface area contributed by atoms with Crippen molar-refractivity contribution in [2.75, 3.05) is 26.4 Å². The fourth-order valence-electron chi connectivity index (χ4n) is 2.19. The first-order valence-electron chi connectivity index (χ1n) is 7.81. The molecule has 1 aromatic rings. The molecule has 0 amide bonds. The largest absolute Gasteiger partial charge is 0.376 e. The monoisotopic (exact) mass is 294 g/mol. The second-order valence-corrected chi connectivity index (χ2v) is 5.35. The normalized spacial score (nSPS) is 20.3. The van der Waals surface area contributed by atoms with Gasteiger partial charge < -0.3 is 18.9 Å². The van der Waals surface area contributed by atoms with Crippen molar-refractivity contribution < 1.29 is 18.9 Å². The molecule has 4 heteroatoms. The van der Waals surface area contributed by atoms with Crippen LogP contribution in [0.15, 0.2) is 30.3 Å². The molecule has 0 spiro atoms. The Bertz CT molecular complexity index is 362. The number of ether oxygens (including phenoxy) is 4. The molecule has 0 saturated carbocycles. The molecule has 0 unspecified atom stereocenters. The molecular weight excluding hydrogens is 268 g/mol. The van der Waals surface area contributed by atoms with E-state index in [0.717, 1.165) is 19.4 Å². The maximum absolute atomic E-state index is 5.73. The molecule has 1 aromatic carbocycles. The van der Waals surface area contributed by atoms with Gasteiger partial charge in [-0.3, -0.25) is 0 Å². The standard InChI is InChI=1S/C17H26O4/c1-15(21-14-16-7-3-2-4-8-16)13-18-11-12-20-17-9-5-6-10-19-17/h2-4,7-8,15,17H,5-6,9-14H2,1H3/t15-,17+/m0/s1. The lowest BCUT2D eigenvalue weighted by Crippen LogP contribution is -2.24. The van der Waals surface area contributed by atoms with Gasteiger partial charge in [-0.15, -0.1) is 0 Å². The summed E-state index contributed by atoms with van der Waals surface area (Å²) in [6, 6.07) is 10.2. The molecule has 118 valence electrons. The number of hydrogen-bond acceptors (Lipinski definition) is 4. The summed E-state index contributed by atoms with van der Waals surface area (Å²) in [4.78, 5) is 0. The second-order valence-electron chi connectivity index (χ2n) is 5.35. The number of hydrogen-bond donors (Lipinski definition) is 0. The third-order valence-electron chi connectivity index (χ3n) is 3.40. The van der Waals surface area contributed by atoms with Crippen molar-refractivity contribution in [3.05, 3.63) is 35.9 Å². The van der Waals surface area contributed by atoms with Crippen molar-refractivity contribution in [2.45, 2.75) is 45.2 Å².